The minimum absolute atomic E-state index is 0. The molecule has 0 aliphatic carbocycles. The fourth-order valence-corrected chi connectivity index (χ4v) is 0. The third kappa shape index (κ3) is 9.24. The van der Waals surface area contributed by atoms with E-state index < -0.39 is 0 Å². The minimum atomic E-state index is 0. The van der Waals surface area contributed by atoms with Crippen molar-refractivity contribution in [1.82, 2.24) is 0 Å². The first-order valence-electron chi connectivity index (χ1n) is 0. The van der Waals surface area contributed by atoms with E-state index in [1.165, 1.54) is 0 Å². The van der Waals surface area contributed by atoms with E-state index in [4.69, 9.17) is 0 Å². The van der Waals surface area contributed by atoms with Gasteiger partial charge in [0.1, 0.15) is 0 Å². The second-order valence-corrected chi connectivity index (χ2v) is 0. The molecule has 0 atom stereocenters. The number of hydrogen-bond acceptors (Lipinski definition) is 0. The quantitative estimate of drug-likeness (QED) is 0.425. The van der Waals surface area contributed by atoms with Crippen LogP contribution in [0.1, 0.15) is 0 Å². The van der Waals surface area contributed by atoms with Crippen LogP contribution in [0.25, 0.3) is 0 Å². The fraction of sp³-hybridized carbons (Fsp3) is 0. The van der Waals surface area contributed by atoms with Gasteiger partial charge in [-0.15, -0.1) is 0 Å². The van der Waals surface area contributed by atoms with Crippen molar-refractivity contribution in [3.63, 3.8) is 0 Å². The Labute approximate surface area is 61.7 Å². The van der Waals surface area contributed by atoms with Gasteiger partial charge < -0.3 is 0 Å². The van der Waals surface area contributed by atoms with Gasteiger partial charge in [-0.3, -0.25) is 0 Å². The van der Waals surface area contributed by atoms with Gasteiger partial charge in [-0.25, -0.2) is 0 Å². The second kappa shape index (κ2) is 21.7. The summed E-state index contributed by atoms with van der Waals surface area (Å²) in [7, 11) is 0. The summed E-state index contributed by atoms with van der Waals surface area (Å²) in [5.74, 6) is 0. The Kier molecular flexibility index (Phi) is 228. The largest absolute Gasteiger partial charge is 0.0149 e. The van der Waals surface area contributed by atoms with Crippen molar-refractivity contribution < 1.29 is 50.9 Å². The molecule has 0 saturated carbocycles. The minimum Gasteiger partial charge on any atom is -0.0149 e. The van der Waals surface area contributed by atoms with Crippen LogP contribution in [0.3, 0.4) is 0 Å². The van der Waals surface area contributed by atoms with Gasteiger partial charge in [0.05, 0.1) is 0 Å². The molecule has 0 unspecified atom stereocenters. The van der Waals surface area contributed by atoms with Crippen molar-refractivity contribution in [2.75, 3.05) is 0 Å². The summed E-state index contributed by atoms with van der Waals surface area (Å²) >= 11 is 0. The van der Waals surface area contributed by atoms with Gasteiger partial charge in [0.25, 0.3) is 0 Å². The van der Waals surface area contributed by atoms with Crippen LogP contribution >= 0.6 is 0 Å². The fourth-order valence-electron chi connectivity index (χ4n) is 0. The van der Waals surface area contributed by atoms with Crippen LogP contribution in [-0.4, -0.2) is 11.0 Å². The van der Waals surface area contributed by atoms with Crippen molar-refractivity contribution in [3.05, 3.63) is 0 Å². The molecule has 0 bridgehead atoms. The molecule has 1 radical (unpaired) electrons. The normalized spacial score (nSPS) is 0. The summed E-state index contributed by atoms with van der Waals surface area (Å²) in [5.41, 5.74) is 0. The topological polar surface area (TPSA) is 0 Å². The van der Waals surface area contributed by atoms with E-state index in [2.05, 4.69) is 0 Å². The molecule has 0 amide bonds. The Balaban J connectivity index is 0. The summed E-state index contributed by atoms with van der Waals surface area (Å²) in [6, 6.07) is 0. The molecule has 0 aromatic heterocycles. The third-order valence-electron chi connectivity index (χ3n) is 0. The van der Waals surface area contributed by atoms with Crippen LogP contribution < -0.4 is 0 Å². The maximum absolute atomic E-state index is 0. The van der Waals surface area contributed by atoms with Crippen LogP contribution in [-0.2, 0) is 50.9 Å². The van der Waals surface area contributed by atoms with Crippen LogP contribution in [0.2, 0.25) is 0 Å². The standard InChI is InChI=1S/Cr.Cu.Ni.H4Si/h;;;1H4. The third-order valence-corrected chi connectivity index (χ3v) is 0. The maximum Gasteiger partial charge on any atom is 0 e. The number of hydrogen-bond donors (Lipinski definition) is 0. The number of rotatable bonds is 0. The first-order chi connectivity index (χ1) is 0. The average molecular weight is 206 g/mol. The summed E-state index contributed by atoms with van der Waals surface area (Å²) in [4.78, 5) is 0. The average Bonchev–Trinajstić information content (AvgIpc) is 0. The molecular weight excluding hydrogens is 202 g/mol. The molecule has 0 N–H and O–H groups in total. The molecule has 0 fully saturated rings. The van der Waals surface area contributed by atoms with Crippen molar-refractivity contribution >= 4 is 11.0 Å². The first-order valence-corrected chi connectivity index (χ1v) is 0. The molecule has 0 spiro atoms. The van der Waals surface area contributed by atoms with Gasteiger partial charge in [-0.2, -0.15) is 0 Å². The van der Waals surface area contributed by atoms with Crippen molar-refractivity contribution in [2.24, 2.45) is 0 Å². The van der Waals surface area contributed by atoms with Gasteiger partial charge in [0, 0.05) is 50.9 Å². The smallest absolute Gasteiger partial charge is 0 e. The predicted molar refractivity (Wildman–Crippen MR) is 11.3 cm³/mol. The van der Waals surface area contributed by atoms with Gasteiger partial charge in [-0.1, -0.05) is 0 Å². The first kappa shape index (κ1) is 42.1. The summed E-state index contributed by atoms with van der Waals surface area (Å²) < 4.78 is 0. The molecule has 0 aromatic rings. The van der Waals surface area contributed by atoms with E-state index in [1.807, 2.05) is 0 Å². The van der Waals surface area contributed by atoms with Gasteiger partial charge in [-0.05, 0) is 11.0 Å². The Morgan fingerprint density at radius 2 is 1.00 bits per heavy atom. The maximum atomic E-state index is 0. The Bertz CT molecular complexity index is 8.00. The molecule has 0 aromatic carbocycles. The summed E-state index contributed by atoms with van der Waals surface area (Å²) in [6.45, 7) is 0. The van der Waals surface area contributed by atoms with E-state index in [9.17, 15) is 0 Å². The molecular formula is H4CrCuNiSi. The van der Waals surface area contributed by atoms with Crippen molar-refractivity contribution in [2.45, 2.75) is 0 Å². The second-order valence-electron chi connectivity index (χ2n) is 0. The van der Waals surface area contributed by atoms with E-state index >= 15 is 0 Å². The Hall–Kier alpha value is 1.76. The Morgan fingerprint density at radius 1 is 1.00 bits per heavy atom. The zero-order valence-electron chi connectivity index (χ0n) is 1.03. The zero-order valence-corrected chi connectivity index (χ0v) is 4.23. The van der Waals surface area contributed by atoms with Crippen LogP contribution in [0, 0.1) is 0 Å². The molecule has 0 rings (SSSR count). The SMILES string of the molecule is [Cr].[Cu].[Ni].[SiH4]. The van der Waals surface area contributed by atoms with Crippen molar-refractivity contribution in [3.8, 4) is 0 Å². The zero-order chi connectivity index (χ0) is 0. The molecule has 4 heavy (non-hydrogen) atoms. The predicted octanol–water partition coefficient (Wildman–Crippen LogP) is -1.46. The molecule has 0 heterocycles. The van der Waals surface area contributed by atoms with Gasteiger partial charge in [0.15, 0.2) is 0 Å². The molecule has 35 valence electrons. The molecule has 4 heteroatoms. The van der Waals surface area contributed by atoms with E-state index in [-0.39, 0.29) is 61.9 Å². The summed E-state index contributed by atoms with van der Waals surface area (Å²) in [6.07, 6.45) is 0. The van der Waals surface area contributed by atoms with Gasteiger partial charge >= 0.3 is 0 Å². The van der Waals surface area contributed by atoms with E-state index in [0.717, 1.165) is 0 Å². The molecule has 0 nitrogen and oxygen atoms in total. The molecule has 0 saturated heterocycles. The van der Waals surface area contributed by atoms with Crippen LogP contribution in [0.4, 0.5) is 0 Å². The van der Waals surface area contributed by atoms with E-state index in [0.29, 0.717) is 0 Å². The summed E-state index contributed by atoms with van der Waals surface area (Å²) in [5, 5.41) is 0. The Morgan fingerprint density at radius 3 is 1.00 bits per heavy atom. The van der Waals surface area contributed by atoms with Crippen LogP contribution in [0.15, 0.2) is 0 Å². The van der Waals surface area contributed by atoms with Crippen LogP contribution in [0.5, 0.6) is 0 Å². The van der Waals surface area contributed by atoms with E-state index in [1.54, 1.807) is 0 Å². The van der Waals surface area contributed by atoms with Crippen molar-refractivity contribution in [1.29, 1.82) is 0 Å². The molecule has 0 aliphatic rings. The van der Waals surface area contributed by atoms with Gasteiger partial charge in [0.2, 0.25) is 0 Å². The monoisotopic (exact) mass is 205 g/mol. The molecule has 0 aliphatic heterocycles.